The maximum absolute atomic E-state index is 11.8. The minimum Gasteiger partial charge on any atom is -0.493 e. The van der Waals surface area contributed by atoms with E-state index in [2.05, 4.69) is 0 Å². The fourth-order valence-electron chi connectivity index (χ4n) is 1.88. The summed E-state index contributed by atoms with van der Waals surface area (Å²) in [7, 11) is 3.34. The summed E-state index contributed by atoms with van der Waals surface area (Å²) in [5, 5.41) is 0. The lowest BCUT2D eigenvalue weighted by molar-refractivity contribution is -0.131. The largest absolute Gasteiger partial charge is 0.493 e. The molecule has 0 radical (unpaired) electrons. The van der Waals surface area contributed by atoms with Crippen LogP contribution in [-0.4, -0.2) is 43.4 Å². The van der Waals surface area contributed by atoms with Gasteiger partial charge in [0.1, 0.15) is 0 Å². The van der Waals surface area contributed by atoms with Gasteiger partial charge in [-0.05, 0) is 45.4 Å². The molecular weight excluding hydrogens is 282 g/mol. The topological polar surface area (TPSA) is 55.8 Å². The summed E-state index contributed by atoms with van der Waals surface area (Å²) in [6.45, 7) is 5.89. The normalized spacial score (nSPS) is 10.5. The third-order valence-electron chi connectivity index (χ3n) is 3.53. The Morgan fingerprint density at radius 1 is 1.23 bits per heavy atom. The Bertz CT molecular complexity index is 525. The molecule has 0 saturated heterocycles. The van der Waals surface area contributed by atoms with Gasteiger partial charge < -0.3 is 14.4 Å². The van der Waals surface area contributed by atoms with Crippen LogP contribution in [0.3, 0.4) is 0 Å². The molecule has 0 aliphatic carbocycles. The van der Waals surface area contributed by atoms with Gasteiger partial charge in [-0.1, -0.05) is 0 Å². The smallest absolute Gasteiger partial charge is 0.222 e. The molecule has 0 N–H and O–H groups in total. The second-order valence-electron chi connectivity index (χ2n) is 5.47. The Hall–Kier alpha value is -2.04. The molecule has 0 spiro atoms. The maximum atomic E-state index is 11.8. The molecule has 0 aliphatic heterocycles. The molecule has 122 valence electrons. The summed E-state index contributed by atoms with van der Waals surface area (Å²) in [5.41, 5.74) is 0.581. The van der Waals surface area contributed by atoms with Crippen molar-refractivity contribution in [2.45, 2.75) is 39.7 Å². The molecule has 5 nitrogen and oxygen atoms in total. The van der Waals surface area contributed by atoms with Crippen LogP contribution in [0, 0.1) is 0 Å². The van der Waals surface area contributed by atoms with Crippen LogP contribution in [0.15, 0.2) is 18.2 Å². The lowest BCUT2D eigenvalue weighted by Crippen LogP contribution is -2.32. The minimum absolute atomic E-state index is 0.0211. The molecule has 1 aromatic carbocycles. The van der Waals surface area contributed by atoms with Gasteiger partial charge in [-0.3, -0.25) is 9.59 Å². The molecule has 0 fully saturated rings. The van der Waals surface area contributed by atoms with Crippen molar-refractivity contribution in [2.24, 2.45) is 0 Å². The lowest BCUT2D eigenvalue weighted by Gasteiger charge is -2.21. The van der Waals surface area contributed by atoms with Gasteiger partial charge in [0.2, 0.25) is 5.91 Å². The Balaban J connectivity index is 2.52. The van der Waals surface area contributed by atoms with Crippen LogP contribution >= 0.6 is 0 Å². The Morgan fingerprint density at radius 3 is 2.45 bits per heavy atom. The third-order valence-corrected chi connectivity index (χ3v) is 3.53. The average Bonchev–Trinajstić information content (AvgIpc) is 2.50. The van der Waals surface area contributed by atoms with Crippen molar-refractivity contribution in [3.8, 4) is 11.5 Å². The van der Waals surface area contributed by atoms with Gasteiger partial charge in [0.05, 0.1) is 13.7 Å². The number of ether oxygens (including phenoxy) is 2. The van der Waals surface area contributed by atoms with E-state index in [9.17, 15) is 9.59 Å². The van der Waals surface area contributed by atoms with Crippen molar-refractivity contribution in [3.05, 3.63) is 23.8 Å². The van der Waals surface area contributed by atoms with Crippen LogP contribution in [0.25, 0.3) is 0 Å². The number of rotatable bonds is 8. The van der Waals surface area contributed by atoms with E-state index in [1.54, 1.807) is 30.1 Å². The molecule has 0 aromatic heterocycles. The van der Waals surface area contributed by atoms with Crippen molar-refractivity contribution in [1.82, 2.24) is 4.90 Å². The van der Waals surface area contributed by atoms with Gasteiger partial charge in [0.25, 0.3) is 0 Å². The molecule has 5 heteroatoms. The van der Waals surface area contributed by atoms with Crippen LogP contribution in [0.1, 0.15) is 44.0 Å². The molecule has 0 unspecified atom stereocenters. The summed E-state index contributed by atoms with van der Waals surface area (Å²) < 4.78 is 10.9. The highest BCUT2D eigenvalue weighted by atomic mass is 16.5. The van der Waals surface area contributed by atoms with E-state index in [0.29, 0.717) is 36.5 Å². The summed E-state index contributed by atoms with van der Waals surface area (Å²) >= 11 is 0. The first-order chi connectivity index (χ1) is 10.4. The third kappa shape index (κ3) is 5.06. The standard InChI is InChI=1S/C17H25NO4/c1-12(2)18(4)17(20)7-6-10-22-15-9-8-14(13(3)19)11-16(15)21-5/h8-9,11-12H,6-7,10H2,1-5H3. The van der Waals surface area contributed by atoms with Crippen molar-refractivity contribution in [1.29, 1.82) is 0 Å². The summed E-state index contributed by atoms with van der Waals surface area (Å²) in [5.74, 6) is 1.19. The number of amides is 1. The molecule has 1 amide bonds. The van der Waals surface area contributed by atoms with Crippen LogP contribution in [0.2, 0.25) is 0 Å². The van der Waals surface area contributed by atoms with Gasteiger partial charge in [0.15, 0.2) is 17.3 Å². The van der Waals surface area contributed by atoms with Crippen LogP contribution in [0.4, 0.5) is 0 Å². The zero-order valence-corrected chi connectivity index (χ0v) is 14.0. The lowest BCUT2D eigenvalue weighted by atomic mass is 10.1. The number of benzene rings is 1. The van der Waals surface area contributed by atoms with E-state index < -0.39 is 0 Å². The second kappa shape index (κ2) is 8.41. The SMILES string of the molecule is COc1cc(C(C)=O)ccc1OCCCC(=O)N(C)C(C)C. The molecule has 0 aliphatic rings. The number of hydrogen-bond donors (Lipinski definition) is 0. The summed E-state index contributed by atoms with van der Waals surface area (Å²) in [6.07, 6.45) is 1.08. The monoisotopic (exact) mass is 307 g/mol. The zero-order valence-electron chi connectivity index (χ0n) is 14.0. The predicted molar refractivity (Wildman–Crippen MR) is 85.6 cm³/mol. The first-order valence-electron chi connectivity index (χ1n) is 7.44. The highest BCUT2D eigenvalue weighted by Crippen LogP contribution is 2.28. The number of nitrogens with zero attached hydrogens (tertiary/aromatic N) is 1. The van der Waals surface area contributed by atoms with Crippen LogP contribution in [0.5, 0.6) is 11.5 Å². The second-order valence-corrected chi connectivity index (χ2v) is 5.47. The Labute approximate surface area is 132 Å². The van der Waals surface area contributed by atoms with Gasteiger partial charge in [-0.15, -0.1) is 0 Å². The number of carbonyl (C=O) groups excluding carboxylic acids is 2. The van der Waals surface area contributed by atoms with Gasteiger partial charge >= 0.3 is 0 Å². The average molecular weight is 307 g/mol. The molecule has 0 heterocycles. The quantitative estimate of drug-likeness (QED) is 0.547. The number of hydrogen-bond acceptors (Lipinski definition) is 4. The number of methoxy groups -OCH3 is 1. The van der Waals surface area contributed by atoms with Gasteiger partial charge in [-0.2, -0.15) is 0 Å². The number of Topliss-reactive ketones (excluding diaryl/α,β-unsaturated/α-hetero) is 1. The van der Waals surface area contributed by atoms with E-state index in [0.717, 1.165) is 0 Å². The molecule has 1 aromatic rings. The fourth-order valence-corrected chi connectivity index (χ4v) is 1.88. The van der Waals surface area contributed by atoms with Crippen LogP contribution in [-0.2, 0) is 4.79 Å². The molecule has 1 rings (SSSR count). The van der Waals surface area contributed by atoms with Crippen molar-refractivity contribution in [3.63, 3.8) is 0 Å². The highest BCUT2D eigenvalue weighted by Gasteiger charge is 2.12. The number of carbonyl (C=O) groups is 2. The molecule has 0 atom stereocenters. The van der Waals surface area contributed by atoms with E-state index in [-0.39, 0.29) is 17.7 Å². The molecule has 0 saturated carbocycles. The first-order valence-corrected chi connectivity index (χ1v) is 7.44. The highest BCUT2D eigenvalue weighted by molar-refractivity contribution is 5.94. The predicted octanol–water partition coefficient (Wildman–Crippen LogP) is 2.92. The minimum atomic E-state index is -0.0211. The molecule has 22 heavy (non-hydrogen) atoms. The van der Waals surface area contributed by atoms with Crippen LogP contribution < -0.4 is 9.47 Å². The van der Waals surface area contributed by atoms with Gasteiger partial charge in [0, 0.05) is 25.1 Å². The number of ketones is 1. The van der Waals surface area contributed by atoms with Crippen molar-refractivity contribution in [2.75, 3.05) is 20.8 Å². The van der Waals surface area contributed by atoms with E-state index in [1.165, 1.54) is 14.0 Å². The first kappa shape index (κ1) is 18.0. The maximum Gasteiger partial charge on any atom is 0.222 e. The molecule has 0 bridgehead atoms. The Morgan fingerprint density at radius 2 is 1.91 bits per heavy atom. The van der Waals surface area contributed by atoms with E-state index in [4.69, 9.17) is 9.47 Å². The summed E-state index contributed by atoms with van der Waals surface area (Å²) in [6, 6.07) is 5.29. The molecular formula is C17H25NO4. The van der Waals surface area contributed by atoms with Crippen molar-refractivity contribution >= 4 is 11.7 Å². The fraction of sp³-hybridized carbons (Fsp3) is 0.529. The van der Waals surface area contributed by atoms with Gasteiger partial charge in [-0.25, -0.2) is 0 Å². The Kier molecular flexibility index (Phi) is 6.89. The van der Waals surface area contributed by atoms with Crippen molar-refractivity contribution < 1.29 is 19.1 Å². The zero-order chi connectivity index (χ0) is 16.7. The summed E-state index contributed by atoms with van der Waals surface area (Å²) in [4.78, 5) is 24.9. The van der Waals surface area contributed by atoms with E-state index >= 15 is 0 Å². The van der Waals surface area contributed by atoms with E-state index in [1.807, 2.05) is 13.8 Å².